The molecule has 0 aromatic carbocycles. The van der Waals surface area contributed by atoms with E-state index in [-0.39, 0.29) is 0 Å². The lowest BCUT2D eigenvalue weighted by atomic mass is 10.1. The van der Waals surface area contributed by atoms with Gasteiger partial charge in [-0.1, -0.05) is 11.6 Å². The highest BCUT2D eigenvalue weighted by Crippen LogP contribution is 2.27. The third-order valence-electron chi connectivity index (χ3n) is 2.66. The minimum absolute atomic E-state index is 0.439. The molecule has 0 saturated heterocycles. The van der Waals surface area contributed by atoms with Gasteiger partial charge in [-0.3, -0.25) is 4.98 Å². The molecule has 0 atom stereocenters. The minimum atomic E-state index is 0.439. The van der Waals surface area contributed by atoms with Crippen molar-refractivity contribution in [3.63, 3.8) is 0 Å². The highest BCUT2D eigenvalue weighted by Gasteiger charge is 2.10. The Balaban J connectivity index is 2.37. The van der Waals surface area contributed by atoms with E-state index < -0.39 is 0 Å². The summed E-state index contributed by atoms with van der Waals surface area (Å²) < 4.78 is 1.67. The lowest BCUT2D eigenvalue weighted by molar-refractivity contribution is 0.937. The second-order valence-corrected chi connectivity index (χ2v) is 4.15. The Morgan fingerprint density at radius 3 is 2.94 bits per heavy atom. The normalized spacial score (nSPS) is 10.9. The van der Waals surface area contributed by atoms with E-state index in [1.165, 1.54) is 0 Å². The van der Waals surface area contributed by atoms with Gasteiger partial charge in [0.1, 0.15) is 0 Å². The summed E-state index contributed by atoms with van der Waals surface area (Å²) in [6.07, 6.45) is 7.06. The number of imidazole rings is 1. The quantitative estimate of drug-likeness (QED) is 0.661. The second kappa shape index (κ2) is 3.82. The SMILES string of the molecule is Cc1ccncc1-c1cc(Cl)nn2ccnc12. The van der Waals surface area contributed by atoms with Gasteiger partial charge in [0.05, 0.1) is 0 Å². The summed E-state index contributed by atoms with van der Waals surface area (Å²) in [5, 5.41) is 4.59. The fourth-order valence-corrected chi connectivity index (χ4v) is 2.02. The Labute approximate surface area is 103 Å². The van der Waals surface area contributed by atoms with Crippen LogP contribution in [0.15, 0.2) is 36.9 Å². The van der Waals surface area contributed by atoms with E-state index in [2.05, 4.69) is 15.1 Å². The van der Waals surface area contributed by atoms with Gasteiger partial charge >= 0.3 is 0 Å². The smallest absolute Gasteiger partial charge is 0.161 e. The van der Waals surface area contributed by atoms with Gasteiger partial charge in [0.25, 0.3) is 0 Å². The molecule has 3 aromatic rings. The molecule has 0 fully saturated rings. The van der Waals surface area contributed by atoms with Crippen LogP contribution in [0.3, 0.4) is 0 Å². The zero-order valence-electron chi connectivity index (χ0n) is 9.13. The standard InChI is InChI=1S/C12H9ClN4/c1-8-2-3-14-7-10(8)9-6-11(13)16-17-5-4-15-12(9)17/h2-7H,1H3. The van der Waals surface area contributed by atoms with E-state index in [4.69, 9.17) is 11.6 Å². The van der Waals surface area contributed by atoms with E-state index in [0.717, 1.165) is 22.3 Å². The van der Waals surface area contributed by atoms with Crippen LogP contribution in [-0.2, 0) is 0 Å². The first-order chi connectivity index (χ1) is 8.25. The van der Waals surface area contributed by atoms with Crippen molar-refractivity contribution in [2.75, 3.05) is 0 Å². The van der Waals surface area contributed by atoms with Crippen LogP contribution in [0.1, 0.15) is 5.56 Å². The molecule has 0 spiro atoms. The Kier molecular flexibility index (Phi) is 2.30. The van der Waals surface area contributed by atoms with Crippen LogP contribution in [0.4, 0.5) is 0 Å². The number of nitrogens with zero attached hydrogens (tertiary/aromatic N) is 4. The molecule has 0 aliphatic heterocycles. The molecule has 5 heteroatoms. The molecule has 0 aliphatic rings. The Bertz CT molecular complexity index is 690. The van der Waals surface area contributed by atoms with E-state index in [0.29, 0.717) is 5.15 Å². The van der Waals surface area contributed by atoms with Crippen molar-refractivity contribution >= 4 is 17.2 Å². The predicted octanol–water partition coefficient (Wildman–Crippen LogP) is 2.75. The van der Waals surface area contributed by atoms with Crippen LogP contribution in [0, 0.1) is 6.92 Å². The van der Waals surface area contributed by atoms with E-state index >= 15 is 0 Å². The van der Waals surface area contributed by atoms with Crippen LogP contribution in [0.2, 0.25) is 5.15 Å². The van der Waals surface area contributed by atoms with E-state index in [1.54, 1.807) is 23.1 Å². The van der Waals surface area contributed by atoms with Crippen LogP contribution < -0.4 is 0 Å². The molecular formula is C12H9ClN4. The van der Waals surface area contributed by atoms with Crippen LogP contribution in [-0.4, -0.2) is 19.6 Å². The average Bonchev–Trinajstić information content (AvgIpc) is 2.76. The number of hydrogen-bond acceptors (Lipinski definition) is 3. The number of rotatable bonds is 1. The summed E-state index contributed by atoms with van der Waals surface area (Å²) in [5.41, 5.74) is 3.88. The number of hydrogen-bond donors (Lipinski definition) is 0. The van der Waals surface area contributed by atoms with Gasteiger partial charge in [-0.2, -0.15) is 5.10 Å². The van der Waals surface area contributed by atoms with Crippen molar-refractivity contribution in [1.82, 2.24) is 19.6 Å². The van der Waals surface area contributed by atoms with Gasteiger partial charge in [-0.05, 0) is 24.6 Å². The summed E-state index contributed by atoms with van der Waals surface area (Å²) in [4.78, 5) is 8.43. The predicted molar refractivity (Wildman–Crippen MR) is 66.0 cm³/mol. The number of halogens is 1. The highest BCUT2D eigenvalue weighted by atomic mass is 35.5. The van der Waals surface area contributed by atoms with Crippen molar-refractivity contribution in [2.24, 2.45) is 0 Å². The maximum atomic E-state index is 6.00. The van der Waals surface area contributed by atoms with Crippen LogP contribution in [0.25, 0.3) is 16.8 Å². The van der Waals surface area contributed by atoms with Crippen molar-refractivity contribution in [3.05, 3.63) is 47.6 Å². The minimum Gasteiger partial charge on any atom is -0.264 e. The molecule has 3 rings (SSSR count). The van der Waals surface area contributed by atoms with Gasteiger partial charge < -0.3 is 0 Å². The molecule has 0 bridgehead atoms. The Morgan fingerprint density at radius 1 is 1.24 bits per heavy atom. The maximum absolute atomic E-state index is 6.00. The second-order valence-electron chi connectivity index (χ2n) is 3.77. The fraction of sp³-hybridized carbons (Fsp3) is 0.0833. The van der Waals surface area contributed by atoms with Crippen molar-refractivity contribution < 1.29 is 0 Å². The van der Waals surface area contributed by atoms with Gasteiger partial charge in [0.2, 0.25) is 0 Å². The first-order valence-electron chi connectivity index (χ1n) is 5.16. The van der Waals surface area contributed by atoms with Crippen molar-refractivity contribution in [2.45, 2.75) is 6.92 Å². The van der Waals surface area contributed by atoms with Gasteiger partial charge in [-0.15, -0.1) is 0 Å². The van der Waals surface area contributed by atoms with Crippen LogP contribution in [0.5, 0.6) is 0 Å². The number of aryl methyl sites for hydroxylation is 1. The molecule has 0 N–H and O–H groups in total. The topological polar surface area (TPSA) is 43.1 Å². The summed E-state index contributed by atoms with van der Waals surface area (Å²) in [6.45, 7) is 2.03. The average molecular weight is 245 g/mol. The maximum Gasteiger partial charge on any atom is 0.161 e. The largest absolute Gasteiger partial charge is 0.264 e. The lowest BCUT2D eigenvalue weighted by Gasteiger charge is -2.06. The first-order valence-corrected chi connectivity index (χ1v) is 5.54. The van der Waals surface area contributed by atoms with E-state index in [9.17, 15) is 0 Å². The van der Waals surface area contributed by atoms with Gasteiger partial charge in [-0.25, -0.2) is 9.50 Å². The van der Waals surface area contributed by atoms with Crippen molar-refractivity contribution in [3.8, 4) is 11.1 Å². The third-order valence-corrected chi connectivity index (χ3v) is 2.84. The fourth-order valence-electron chi connectivity index (χ4n) is 1.83. The molecular weight excluding hydrogens is 236 g/mol. The third kappa shape index (κ3) is 1.66. The summed E-state index contributed by atoms with van der Waals surface area (Å²) in [6, 6.07) is 3.77. The monoisotopic (exact) mass is 244 g/mol. The molecule has 4 nitrogen and oxygen atoms in total. The van der Waals surface area contributed by atoms with Crippen LogP contribution >= 0.6 is 11.6 Å². The van der Waals surface area contributed by atoms with Gasteiger partial charge in [0, 0.05) is 35.9 Å². The molecule has 0 saturated carbocycles. The number of aromatic nitrogens is 4. The highest BCUT2D eigenvalue weighted by molar-refractivity contribution is 6.29. The van der Waals surface area contributed by atoms with E-state index in [1.807, 2.05) is 25.3 Å². The Morgan fingerprint density at radius 2 is 2.12 bits per heavy atom. The van der Waals surface area contributed by atoms with Crippen molar-refractivity contribution in [1.29, 1.82) is 0 Å². The lowest BCUT2D eigenvalue weighted by Crippen LogP contribution is -1.95. The molecule has 84 valence electrons. The number of pyridine rings is 1. The summed E-state index contributed by atoms with van der Waals surface area (Å²) >= 11 is 6.00. The Hall–Kier alpha value is -1.94. The molecule has 3 heterocycles. The molecule has 0 amide bonds. The molecule has 0 aliphatic carbocycles. The van der Waals surface area contributed by atoms with Gasteiger partial charge in [0.15, 0.2) is 10.8 Å². The molecule has 0 radical (unpaired) electrons. The summed E-state index contributed by atoms with van der Waals surface area (Å²) in [7, 11) is 0. The molecule has 3 aromatic heterocycles. The number of fused-ring (bicyclic) bond motifs is 1. The summed E-state index contributed by atoms with van der Waals surface area (Å²) in [5.74, 6) is 0. The zero-order valence-corrected chi connectivity index (χ0v) is 9.89. The zero-order chi connectivity index (χ0) is 11.8. The molecule has 17 heavy (non-hydrogen) atoms. The first kappa shape index (κ1) is 10.2. The molecule has 0 unspecified atom stereocenters.